The van der Waals surface area contributed by atoms with Crippen LogP contribution in [0.4, 0.5) is 5.69 Å². The number of aromatic nitrogens is 2. The van der Waals surface area contributed by atoms with E-state index in [1.54, 1.807) is 0 Å². The second-order valence-electron chi connectivity index (χ2n) is 5.84. The Labute approximate surface area is 125 Å². The Kier molecular flexibility index (Phi) is 2.90. The maximum Gasteiger partial charge on any atom is 0.157 e. The molecule has 0 fully saturated rings. The van der Waals surface area contributed by atoms with E-state index in [2.05, 4.69) is 41.8 Å². The minimum absolute atomic E-state index is 0.110. The maximum absolute atomic E-state index is 6.07. The predicted octanol–water partition coefficient (Wildman–Crippen LogP) is 4.40. The van der Waals surface area contributed by atoms with Gasteiger partial charge in [0.2, 0.25) is 0 Å². The molecule has 0 bridgehead atoms. The van der Waals surface area contributed by atoms with Gasteiger partial charge in [-0.25, -0.2) is 0 Å². The smallest absolute Gasteiger partial charge is 0.157 e. The van der Waals surface area contributed by atoms with Gasteiger partial charge in [-0.05, 0) is 45.0 Å². The summed E-state index contributed by atoms with van der Waals surface area (Å²) < 4.78 is 8.72. The highest BCUT2D eigenvalue weighted by Crippen LogP contribution is 2.32. The molecular weight excluding hydrogens is 318 g/mol. The van der Waals surface area contributed by atoms with Gasteiger partial charge in [0.05, 0.1) is 11.2 Å². The molecule has 5 heteroatoms. The molecule has 1 aromatic carbocycles. The first-order chi connectivity index (χ1) is 9.34. The number of benzene rings is 1. The van der Waals surface area contributed by atoms with E-state index in [1.807, 2.05) is 35.1 Å². The Morgan fingerprint density at radius 3 is 2.65 bits per heavy atom. The van der Waals surface area contributed by atoms with E-state index >= 15 is 0 Å². The Morgan fingerprint density at radius 1 is 1.25 bits per heavy atom. The highest BCUT2D eigenvalue weighted by atomic mass is 79.9. The molecule has 2 heterocycles. The van der Waals surface area contributed by atoms with Crippen LogP contribution in [0.2, 0.25) is 0 Å². The van der Waals surface area contributed by atoms with Crippen molar-refractivity contribution in [1.29, 1.82) is 0 Å². The molecule has 3 aromatic rings. The summed E-state index contributed by atoms with van der Waals surface area (Å²) in [4.78, 5) is 0. The number of anilines is 1. The van der Waals surface area contributed by atoms with E-state index in [9.17, 15) is 0 Å². The first kappa shape index (κ1) is 13.2. The lowest BCUT2D eigenvalue weighted by atomic mass is 10.1. The van der Waals surface area contributed by atoms with Crippen LogP contribution in [0.15, 0.2) is 39.4 Å². The fraction of sp³-hybridized carbons (Fsp3) is 0.267. The van der Waals surface area contributed by atoms with Crippen LogP contribution in [-0.2, 0) is 5.54 Å². The zero-order valence-corrected chi connectivity index (χ0v) is 13.2. The van der Waals surface area contributed by atoms with E-state index in [0.717, 1.165) is 15.4 Å². The van der Waals surface area contributed by atoms with E-state index in [-0.39, 0.29) is 5.54 Å². The predicted molar refractivity (Wildman–Crippen MR) is 84.5 cm³/mol. The second-order valence-corrected chi connectivity index (χ2v) is 6.76. The van der Waals surface area contributed by atoms with E-state index in [0.29, 0.717) is 17.1 Å². The normalized spacial score (nSPS) is 12.2. The van der Waals surface area contributed by atoms with Crippen molar-refractivity contribution in [3.8, 4) is 11.5 Å². The lowest BCUT2D eigenvalue weighted by Crippen LogP contribution is -2.22. The average Bonchev–Trinajstić information content (AvgIpc) is 2.90. The molecule has 0 aliphatic heterocycles. The van der Waals surface area contributed by atoms with Gasteiger partial charge in [-0.1, -0.05) is 15.9 Å². The SMILES string of the molecule is CC(C)(C)n1cc(N)c(-c2cc3cc(Br)ccc3o2)n1. The minimum Gasteiger partial charge on any atom is -0.454 e. The van der Waals surface area contributed by atoms with Gasteiger partial charge in [-0.15, -0.1) is 0 Å². The molecule has 0 aliphatic carbocycles. The average molecular weight is 334 g/mol. The minimum atomic E-state index is -0.110. The van der Waals surface area contributed by atoms with Gasteiger partial charge >= 0.3 is 0 Å². The quantitative estimate of drug-likeness (QED) is 0.718. The van der Waals surface area contributed by atoms with Gasteiger partial charge in [0.15, 0.2) is 11.5 Å². The van der Waals surface area contributed by atoms with Crippen molar-refractivity contribution in [1.82, 2.24) is 9.78 Å². The van der Waals surface area contributed by atoms with Crippen LogP contribution in [0, 0.1) is 0 Å². The van der Waals surface area contributed by atoms with Gasteiger partial charge in [-0.3, -0.25) is 4.68 Å². The summed E-state index contributed by atoms with van der Waals surface area (Å²) in [5, 5.41) is 5.58. The summed E-state index contributed by atoms with van der Waals surface area (Å²) in [6.07, 6.45) is 1.85. The summed E-state index contributed by atoms with van der Waals surface area (Å²) in [7, 11) is 0. The number of furan rings is 1. The number of fused-ring (bicyclic) bond motifs is 1. The van der Waals surface area contributed by atoms with E-state index in [1.165, 1.54) is 0 Å². The second kappa shape index (κ2) is 4.38. The van der Waals surface area contributed by atoms with Crippen molar-refractivity contribution in [3.05, 3.63) is 34.9 Å². The number of nitrogens with two attached hydrogens (primary N) is 1. The third-order valence-electron chi connectivity index (χ3n) is 3.14. The van der Waals surface area contributed by atoms with E-state index in [4.69, 9.17) is 10.2 Å². The van der Waals surface area contributed by atoms with Gasteiger partial charge in [0, 0.05) is 16.1 Å². The van der Waals surface area contributed by atoms with Crippen LogP contribution in [-0.4, -0.2) is 9.78 Å². The Bertz CT molecular complexity index is 780. The Balaban J connectivity index is 2.13. The monoisotopic (exact) mass is 333 g/mol. The van der Waals surface area contributed by atoms with E-state index < -0.39 is 0 Å². The number of hydrogen-bond acceptors (Lipinski definition) is 3. The number of nitrogen functional groups attached to an aromatic ring is 1. The van der Waals surface area contributed by atoms with Crippen molar-refractivity contribution >= 4 is 32.6 Å². The Morgan fingerprint density at radius 2 is 2.00 bits per heavy atom. The fourth-order valence-corrected chi connectivity index (χ4v) is 2.43. The molecule has 0 saturated heterocycles. The number of hydrogen-bond donors (Lipinski definition) is 1. The molecule has 104 valence electrons. The van der Waals surface area contributed by atoms with Crippen LogP contribution in [0.1, 0.15) is 20.8 Å². The maximum atomic E-state index is 6.07. The molecule has 20 heavy (non-hydrogen) atoms. The van der Waals surface area contributed by atoms with Crippen LogP contribution < -0.4 is 5.73 Å². The van der Waals surface area contributed by atoms with Crippen molar-refractivity contribution in [2.24, 2.45) is 0 Å². The molecule has 2 aromatic heterocycles. The zero-order chi connectivity index (χ0) is 14.5. The fourth-order valence-electron chi connectivity index (χ4n) is 2.05. The van der Waals surface area contributed by atoms with Crippen LogP contribution in [0.5, 0.6) is 0 Å². The number of halogens is 1. The molecule has 0 radical (unpaired) electrons. The molecule has 0 atom stereocenters. The van der Waals surface area contributed by atoms with Crippen LogP contribution in [0.25, 0.3) is 22.4 Å². The summed E-state index contributed by atoms with van der Waals surface area (Å²) in [6.45, 7) is 6.25. The summed E-state index contributed by atoms with van der Waals surface area (Å²) in [6, 6.07) is 7.86. The molecule has 0 saturated carbocycles. The lowest BCUT2D eigenvalue weighted by molar-refractivity contribution is 0.356. The molecule has 0 amide bonds. The van der Waals surface area contributed by atoms with Gasteiger partial charge in [-0.2, -0.15) is 5.10 Å². The van der Waals surface area contributed by atoms with Crippen LogP contribution >= 0.6 is 15.9 Å². The lowest BCUT2D eigenvalue weighted by Gasteiger charge is -2.18. The molecule has 0 aliphatic rings. The molecule has 0 unspecified atom stereocenters. The van der Waals surface area contributed by atoms with Crippen molar-refractivity contribution < 1.29 is 4.42 Å². The third kappa shape index (κ3) is 2.22. The summed E-state index contributed by atoms with van der Waals surface area (Å²) in [5.41, 5.74) is 8.10. The topological polar surface area (TPSA) is 57.0 Å². The van der Waals surface area contributed by atoms with Gasteiger partial charge in [0.1, 0.15) is 5.58 Å². The van der Waals surface area contributed by atoms with Crippen LogP contribution in [0.3, 0.4) is 0 Å². The summed E-state index contributed by atoms with van der Waals surface area (Å²) in [5.74, 6) is 0.693. The van der Waals surface area contributed by atoms with Gasteiger partial charge < -0.3 is 10.2 Å². The summed E-state index contributed by atoms with van der Waals surface area (Å²) >= 11 is 3.46. The van der Waals surface area contributed by atoms with Crippen molar-refractivity contribution in [3.63, 3.8) is 0 Å². The molecule has 0 spiro atoms. The number of rotatable bonds is 1. The highest BCUT2D eigenvalue weighted by Gasteiger charge is 2.19. The third-order valence-corrected chi connectivity index (χ3v) is 3.63. The highest BCUT2D eigenvalue weighted by molar-refractivity contribution is 9.10. The largest absolute Gasteiger partial charge is 0.454 e. The first-order valence-corrected chi connectivity index (χ1v) is 7.19. The zero-order valence-electron chi connectivity index (χ0n) is 11.6. The van der Waals surface area contributed by atoms with Crippen molar-refractivity contribution in [2.75, 3.05) is 5.73 Å². The molecule has 2 N–H and O–H groups in total. The van der Waals surface area contributed by atoms with Gasteiger partial charge in [0.25, 0.3) is 0 Å². The standard InChI is InChI=1S/C15H16BrN3O/c1-15(2,3)19-8-11(17)14(18-19)13-7-9-6-10(16)4-5-12(9)20-13/h4-8H,17H2,1-3H3. The molecule has 4 nitrogen and oxygen atoms in total. The molecular formula is C15H16BrN3O. The Hall–Kier alpha value is -1.75. The number of nitrogens with zero attached hydrogens (tertiary/aromatic N) is 2. The first-order valence-electron chi connectivity index (χ1n) is 6.40. The molecule has 3 rings (SSSR count). The van der Waals surface area contributed by atoms with Crippen molar-refractivity contribution in [2.45, 2.75) is 26.3 Å².